The van der Waals surface area contributed by atoms with E-state index in [0.717, 1.165) is 35.7 Å². The zero-order chi connectivity index (χ0) is 20.8. The van der Waals surface area contributed by atoms with Crippen LogP contribution in [0.15, 0.2) is 36.4 Å². The largest absolute Gasteiger partial charge is 0.370 e. The van der Waals surface area contributed by atoms with Gasteiger partial charge in [0.25, 0.3) is 0 Å². The Hall–Kier alpha value is -3.06. The summed E-state index contributed by atoms with van der Waals surface area (Å²) in [7, 11) is 0. The number of hydrogen-bond donors (Lipinski definition) is 5. The summed E-state index contributed by atoms with van der Waals surface area (Å²) < 4.78 is 0. The van der Waals surface area contributed by atoms with Crippen LogP contribution in [-0.2, 0) is 6.42 Å². The molecule has 170 valence electrons. The maximum Gasteiger partial charge on any atom is 0.231 e. The SMILES string of the molecule is Cl.Cl.N#CCc1ccc(Nc2nc(NCCCN)cc(Nc3cc(C4CC4)[nH]n3)n2)cc1. The Labute approximate surface area is 199 Å². The van der Waals surface area contributed by atoms with Crippen LogP contribution in [0.2, 0.25) is 0 Å². The van der Waals surface area contributed by atoms with Crippen LogP contribution in [0, 0.1) is 11.3 Å². The summed E-state index contributed by atoms with van der Waals surface area (Å²) >= 11 is 0. The third kappa shape index (κ3) is 6.99. The molecular weight excluding hydrogens is 449 g/mol. The molecular formula is C21H27Cl2N9. The minimum Gasteiger partial charge on any atom is -0.370 e. The van der Waals surface area contributed by atoms with E-state index >= 15 is 0 Å². The minimum absolute atomic E-state index is 0. The first kappa shape index (κ1) is 25.2. The van der Waals surface area contributed by atoms with Crippen LogP contribution >= 0.6 is 24.8 Å². The van der Waals surface area contributed by atoms with Crippen LogP contribution in [0.5, 0.6) is 0 Å². The van der Waals surface area contributed by atoms with Gasteiger partial charge < -0.3 is 21.7 Å². The number of aromatic nitrogens is 4. The standard InChI is InChI=1S/C21H25N9.2ClH/c22-9-1-11-24-18-13-19(26-20-12-17(29-30-20)15-4-5-15)28-21(27-18)25-16-6-2-14(3-7-16)8-10-23;;/h2-3,6-7,12-13,15H,1,4-5,8-9,11,22H2,(H4,24,25,26,27,28,29,30);2*1H. The van der Waals surface area contributed by atoms with Crippen molar-refractivity contribution in [3.8, 4) is 6.07 Å². The zero-order valence-electron chi connectivity index (χ0n) is 17.5. The van der Waals surface area contributed by atoms with E-state index in [1.165, 1.54) is 12.8 Å². The van der Waals surface area contributed by atoms with Crippen molar-refractivity contribution in [2.24, 2.45) is 5.73 Å². The molecule has 6 N–H and O–H groups in total. The Kier molecular flexibility index (Phi) is 9.53. The second-order valence-corrected chi connectivity index (χ2v) is 7.30. The molecule has 11 heteroatoms. The fraction of sp³-hybridized carbons (Fsp3) is 0.333. The van der Waals surface area contributed by atoms with Crippen LogP contribution in [0.3, 0.4) is 0 Å². The molecule has 1 aliphatic carbocycles. The number of H-pyrrole nitrogens is 1. The van der Waals surface area contributed by atoms with Crippen LogP contribution in [0.4, 0.5) is 29.1 Å². The van der Waals surface area contributed by atoms with E-state index in [1.807, 2.05) is 36.4 Å². The average molecular weight is 476 g/mol. The van der Waals surface area contributed by atoms with Crippen molar-refractivity contribution < 1.29 is 0 Å². The lowest BCUT2D eigenvalue weighted by Crippen LogP contribution is -2.11. The normalized spacial score (nSPS) is 12.1. The maximum absolute atomic E-state index is 8.82. The van der Waals surface area contributed by atoms with Crippen molar-refractivity contribution in [1.29, 1.82) is 5.26 Å². The third-order valence-corrected chi connectivity index (χ3v) is 4.78. The van der Waals surface area contributed by atoms with Gasteiger partial charge in [-0.25, -0.2) is 0 Å². The predicted molar refractivity (Wildman–Crippen MR) is 132 cm³/mol. The fourth-order valence-corrected chi connectivity index (χ4v) is 3.04. The number of aromatic amines is 1. The Bertz CT molecular complexity index is 1030. The number of benzene rings is 1. The number of nitriles is 1. The Morgan fingerprint density at radius 3 is 2.47 bits per heavy atom. The first-order valence-corrected chi connectivity index (χ1v) is 10.1. The molecule has 2 heterocycles. The van der Waals surface area contributed by atoms with Gasteiger partial charge in [-0.2, -0.15) is 20.3 Å². The lowest BCUT2D eigenvalue weighted by molar-refractivity contribution is 0.869. The summed E-state index contributed by atoms with van der Waals surface area (Å²) in [5, 5.41) is 26.0. The highest BCUT2D eigenvalue weighted by molar-refractivity contribution is 5.85. The molecule has 0 unspecified atom stereocenters. The summed E-state index contributed by atoms with van der Waals surface area (Å²) in [6, 6.07) is 13.7. The summed E-state index contributed by atoms with van der Waals surface area (Å²) in [6.45, 7) is 1.34. The van der Waals surface area contributed by atoms with E-state index in [0.29, 0.717) is 36.5 Å². The Balaban J connectivity index is 0.00000181. The lowest BCUT2D eigenvalue weighted by atomic mass is 10.1. The summed E-state index contributed by atoms with van der Waals surface area (Å²) in [5.74, 6) is 3.13. The van der Waals surface area contributed by atoms with Crippen molar-refractivity contribution in [3.05, 3.63) is 47.7 Å². The quantitative estimate of drug-likeness (QED) is 0.274. The first-order chi connectivity index (χ1) is 14.7. The van der Waals surface area contributed by atoms with Crippen molar-refractivity contribution >= 4 is 53.9 Å². The number of rotatable bonds is 10. The number of nitrogens with two attached hydrogens (primary N) is 1. The second-order valence-electron chi connectivity index (χ2n) is 7.30. The molecule has 0 atom stereocenters. The topological polar surface area (TPSA) is 140 Å². The van der Waals surface area contributed by atoms with E-state index in [1.54, 1.807) is 0 Å². The van der Waals surface area contributed by atoms with Gasteiger partial charge in [0.1, 0.15) is 11.6 Å². The molecule has 1 saturated carbocycles. The van der Waals surface area contributed by atoms with Gasteiger partial charge in [0.05, 0.1) is 12.5 Å². The van der Waals surface area contributed by atoms with Crippen LogP contribution in [-0.4, -0.2) is 33.3 Å². The monoisotopic (exact) mass is 475 g/mol. The zero-order valence-corrected chi connectivity index (χ0v) is 19.1. The number of anilines is 5. The number of nitrogens with zero attached hydrogens (tertiary/aromatic N) is 4. The van der Waals surface area contributed by atoms with Crippen molar-refractivity contribution in [1.82, 2.24) is 20.2 Å². The van der Waals surface area contributed by atoms with Gasteiger partial charge in [0, 0.05) is 36.0 Å². The summed E-state index contributed by atoms with van der Waals surface area (Å²) in [6.07, 6.45) is 3.66. The summed E-state index contributed by atoms with van der Waals surface area (Å²) in [5.41, 5.74) is 8.56. The van der Waals surface area contributed by atoms with Crippen molar-refractivity contribution in [2.75, 3.05) is 29.0 Å². The highest BCUT2D eigenvalue weighted by Gasteiger charge is 2.25. The van der Waals surface area contributed by atoms with Crippen molar-refractivity contribution in [2.45, 2.75) is 31.6 Å². The number of nitrogens with one attached hydrogen (secondary N) is 4. The van der Waals surface area contributed by atoms with E-state index in [2.05, 4.69) is 42.2 Å². The van der Waals surface area contributed by atoms with Gasteiger partial charge in [-0.3, -0.25) is 5.10 Å². The van der Waals surface area contributed by atoms with E-state index in [9.17, 15) is 0 Å². The molecule has 0 saturated heterocycles. The molecule has 2 aromatic heterocycles. The first-order valence-electron chi connectivity index (χ1n) is 10.1. The summed E-state index contributed by atoms with van der Waals surface area (Å²) in [4.78, 5) is 9.13. The number of halogens is 2. The Morgan fingerprint density at radius 1 is 1.03 bits per heavy atom. The van der Waals surface area contributed by atoms with Crippen LogP contribution in [0.25, 0.3) is 0 Å². The van der Waals surface area contributed by atoms with Crippen LogP contribution < -0.4 is 21.7 Å². The van der Waals surface area contributed by atoms with E-state index < -0.39 is 0 Å². The fourth-order valence-electron chi connectivity index (χ4n) is 3.04. The smallest absolute Gasteiger partial charge is 0.231 e. The molecule has 3 aromatic rings. The van der Waals surface area contributed by atoms with E-state index in [-0.39, 0.29) is 24.8 Å². The third-order valence-electron chi connectivity index (χ3n) is 4.78. The average Bonchev–Trinajstić information content (AvgIpc) is 3.49. The number of hydrogen-bond acceptors (Lipinski definition) is 8. The molecule has 1 fully saturated rings. The maximum atomic E-state index is 8.82. The van der Waals surface area contributed by atoms with Gasteiger partial charge in [0.15, 0.2) is 5.82 Å². The van der Waals surface area contributed by atoms with Crippen molar-refractivity contribution in [3.63, 3.8) is 0 Å². The predicted octanol–water partition coefficient (Wildman–Crippen LogP) is 4.23. The van der Waals surface area contributed by atoms with E-state index in [4.69, 9.17) is 11.0 Å². The van der Waals surface area contributed by atoms with Crippen LogP contribution in [0.1, 0.15) is 36.4 Å². The molecule has 1 aliphatic rings. The van der Waals surface area contributed by atoms with Gasteiger partial charge in [-0.15, -0.1) is 24.8 Å². The molecule has 0 amide bonds. The van der Waals surface area contributed by atoms with Gasteiger partial charge in [-0.05, 0) is 43.5 Å². The molecule has 0 radical (unpaired) electrons. The minimum atomic E-state index is 0. The molecule has 0 aliphatic heterocycles. The van der Waals surface area contributed by atoms with Gasteiger partial charge >= 0.3 is 0 Å². The Morgan fingerprint density at radius 2 is 1.78 bits per heavy atom. The second kappa shape index (κ2) is 12.1. The molecule has 0 bridgehead atoms. The molecule has 9 nitrogen and oxygen atoms in total. The van der Waals surface area contributed by atoms with Gasteiger partial charge in [0.2, 0.25) is 5.95 Å². The molecule has 1 aromatic carbocycles. The highest BCUT2D eigenvalue weighted by atomic mass is 35.5. The molecule has 32 heavy (non-hydrogen) atoms. The van der Waals surface area contributed by atoms with Gasteiger partial charge in [-0.1, -0.05) is 12.1 Å². The molecule has 0 spiro atoms. The highest BCUT2D eigenvalue weighted by Crippen LogP contribution is 2.39. The molecule has 4 rings (SSSR count). The lowest BCUT2D eigenvalue weighted by Gasteiger charge is -2.12.